The molecule has 0 fully saturated rings. The fraction of sp³-hybridized carbons (Fsp3) is 0.500. The lowest BCUT2D eigenvalue weighted by Gasteiger charge is -2.15. The number of aromatic nitrogens is 1. The van der Waals surface area contributed by atoms with Gasteiger partial charge in [-0.1, -0.05) is 31.5 Å². The third kappa shape index (κ3) is 4.10. The molecular weight excluding hydrogens is 276 g/mol. The number of hydrogen-bond donors (Lipinski definition) is 2. The Kier molecular flexibility index (Phi) is 6.01. The second kappa shape index (κ2) is 7.99. The molecule has 1 heterocycles. The Hall–Kier alpha value is -1.81. The van der Waals surface area contributed by atoms with Gasteiger partial charge in [0.25, 0.3) is 0 Å². The molecule has 2 rings (SSSR count). The van der Waals surface area contributed by atoms with Crippen LogP contribution in [0.4, 0.5) is 0 Å². The van der Waals surface area contributed by atoms with Crippen LogP contribution in [-0.2, 0) is 18.3 Å². The highest BCUT2D eigenvalue weighted by atomic mass is 16.3. The predicted molar refractivity (Wildman–Crippen MR) is 89.7 cm³/mol. The molecule has 4 nitrogen and oxygen atoms in total. The van der Waals surface area contributed by atoms with Gasteiger partial charge in [-0.05, 0) is 30.4 Å². The van der Waals surface area contributed by atoms with Gasteiger partial charge < -0.3 is 15.0 Å². The number of nitrogens with one attached hydrogen (secondary N) is 1. The van der Waals surface area contributed by atoms with E-state index in [0.29, 0.717) is 18.9 Å². The Morgan fingerprint density at radius 2 is 2.09 bits per heavy atom. The molecule has 1 amide bonds. The molecule has 0 bridgehead atoms. The van der Waals surface area contributed by atoms with E-state index in [1.807, 2.05) is 25.4 Å². The molecule has 1 aromatic carbocycles. The number of carbonyl (C=O) groups is 1. The van der Waals surface area contributed by atoms with Gasteiger partial charge in [0.15, 0.2) is 0 Å². The summed E-state index contributed by atoms with van der Waals surface area (Å²) >= 11 is 0. The first-order chi connectivity index (χ1) is 10.7. The van der Waals surface area contributed by atoms with Gasteiger partial charge in [-0.15, -0.1) is 0 Å². The Labute approximate surface area is 132 Å². The number of hydrogen-bond acceptors (Lipinski definition) is 2. The standard InChI is InChI=1S/C18H26N2O2/c1-3-6-14(9-10-21)12-19-18(22)11-15-13-20(2)17-8-5-4-7-16(15)17/h4-5,7-8,13-14,21H,3,6,9-12H2,1-2H3,(H,19,22). The van der Waals surface area contributed by atoms with Crippen LogP contribution >= 0.6 is 0 Å². The van der Waals surface area contributed by atoms with Gasteiger partial charge in [0, 0.05) is 37.3 Å². The number of benzene rings is 1. The number of carbonyl (C=O) groups excluding carboxylic acids is 1. The number of para-hydroxylation sites is 1. The highest BCUT2D eigenvalue weighted by molar-refractivity contribution is 5.89. The minimum Gasteiger partial charge on any atom is -0.396 e. The average Bonchev–Trinajstić information content (AvgIpc) is 2.82. The number of aliphatic hydroxyl groups excluding tert-OH is 1. The maximum Gasteiger partial charge on any atom is 0.224 e. The summed E-state index contributed by atoms with van der Waals surface area (Å²) in [6.07, 6.45) is 5.29. The Morgan fingerprint density at radius 3 is 2.82 bits per heavy atom. The molecule has 0 aliphatic heterocycles. The second-order valence-corrected chi connectivity index (χ2v) is 5.93. The lowest BCUT2D eigenvalue weighted by Crippen LogP contribution is -2.30. The molecule has 0 radical (unpaired) electrons. The van der Waals surface area contributed by atoms with Crippen LogP contribution in [0.3, 0.4) is 0 Å². The molecule has 0 aliphatic carbocycles. The zero-order valence-electron chi connectivity index (χ0n) is 13.5. The van der Waals surface area contributed by atoms with Gasteiger partial charge >= 0.3 is 0 Å². The summed E-state index contributed by atoms with van der Waals surface area (Å²) in [7, 11) is 2.00. The number of amides is 1. The fourth-order valence-corrected chi connectivity index (χ4v) is 3.00. The van der Waals surface area contributed by atoms with Crippen LogP contribution in [0, 0.1) is 5.92 Å². The van der Waals surface area contributed by atoms with Gasteiger partial charge in [0.05, 0.1) is 6.42 Å². The highest BCUT2D eigenvalue weighted by Gasteiger charge is 2.12. The maximum absolute atomic E-state index is 12.2. The molecule has 0 aliphatic rings. The maximum atomic E-state index is 12.2. The molecule has 1 unspecified atom stereocenters. The van der Waals surface area contributed by atoms with Crippen molar-refractivity contribution in [2.75, 3.05) is 13.2 Å². The SMILES string of the molecule is CCCC(CCO)CNC(=O)Cc1cn(C)c2ccccc12. The lowest BCUT2D eigenvalue weighted by atomic mass is 10.00. The largest absolute Gasteiger partial charge is 0.396 e. The molecule has 2 aromatic rings. The molecule has 1 aromatic heterocycles. The van der Waals surface area contributed by atoms with E-state index >= 15 is 0 Å². The molecule has 22 heavy (non-hydrogen) atoms. The summed E-state index contributed by atoms with van der Waals surface area (Å²) in [5.41, 5.74) is 2.21. The Bertz CT molecular complexity index is 613. The second-order valence-electron chi connectivity index (χ2n) is 5.93. The third-order valence-electron chi connectivity index (χ3n) is 4.15. The minimum absolute atomic E-state index is 0.0513. The van der Waals surface area contributed by atoms with E-state index in [1.54, 1.807) is 0 Å². The zero-order valence-corrected chi connectivity index (χ0v) is 13.5. The highest BCUT2D eigenvalue weighted by Crippen LogP contribution is 2.20. The van der Waals surface area contributed by atoms with Crippen molar-refractivity contribution in [2.45, 2.75) is 32.6 Å². The van der Waals surface area contributed by atoms with E-state index in [2.05, 4.69) is 28.9 Å². The number of aliphatic hydroxyl groups is 1. The topological polar surface area (TPSA) is 54.3 Å². The Balaban J connectivity index is 1.96. The minimum atomic E-state index is 0.0513. The molecule has 0 spiro atoms. The van der Waals surface area contributed by atoms with E-state index in [-0.39, 0.29) is 12.5 Å². The molecule has 1 atom stereocenters. The zero-order chi connectivity index (χ0) is 15.9. The van der Waals surface area contributed by atoms with E-state index in [1.165, 1.54) is 0 Å². The van der Waals surface area contributed by atoms with Gasteiger partial charge in [-0.25, -0.2) is 0 Å². The quantitative estimate of drug-likeness (QED) is 0.787. The first-order valence-corrected chi connectivity index (χ1v) is 8.06. The van der Waals surface area contributed by atoms with E-state index in [0.717, 1.165) is 35.7 Å². The van der Waals surface area contributed by atoms with Gasteiger partial charge in [-0.2, -0.15) is 0 Å². The molecule has 4 heteroatoms. The Morgan fingerprint density at radius 1 is 1.32 bits per heavy atom. The summed E-state index contributed by atoms with van der Waals surface area (Å²) < 4.78 is 2.06. The fourth-order valence-electron chi connectivity index (χ4n) is 3.00. The predicted octanol–water partition coefficient (Wildman–Crippen LogP) is 2.64. The normalized spacial score (nSPS) is 12.5. The molecule has 0 saturated heterocycles. The summed E-state index contributed by atoms with van der Waals surface area (Å²) in [4.78, 5) is 12.2. The molecule has 0 saturated carbocycles. The summed E-state index contributed by atoms with van der Waals surface area (Å²) in [5.74, 6) is 0.418. The van der Waals surface area contributed by atoms with Crippen molar-refractivity contribution in [3.8, 4) is 0 Å². The first-order valence-electron chi connectivity index (χ1n) is 8.06. The van der Waals surface area contributed by atoms with Crippen molar-refractivity contribution >= 4 is 16.8 Å². The van der Waals surface area contributed by atoms with Crippen LogP contribution in [-0.4, -0.2) is 28.7 Å². The van der Waals surface area contributed by atoms with Crippen molar-refractivity contribution < 1.29 is 9.90 Å². The van der Waals surface area contributed by atoms with Crippen molar-refractivity contribution in [3.63, 3.8) is 0 Å². The summed E-state index contributed by atoms with van der Waals surface area (Å²) in [5, 5.41) is 13.2. The monoisotopic (exact) mass is 302 g/mol. The van der Waals surface area contributed by atoms with Gasteiger partial charge in [-0.3, -0.25) is 4.79 Å². The average molecular weight is 302 g/mol. The lowest BCUT2D eigenvalue weighted by molar-refractivity contribution is -0.120. The van der Waals surface area contributed by atoms with Gasteiger partial charge in [0.1, 0.15) is 0 Å². The number of nitrogens with zero attached hydrogens (tertiary/aromatic N) is 1. The van der Waals surface area contributed by atoms with Gasteiger partial charge in [0.2, 0.25) is 5.91 Å². The van der Waals surface area contributed by atoms with Crippen LogP contribution in [0.2, 0.25) is 0 Å². The van der Waals surface area contributed by atoms with E-state index in [4.69, 9.17) is 5.11 Å². The molecule has 2 N–H and O–H groups in total. The summed E-state index contributed by atoms with van der Waals surface area (Å²) in [6, 6.07) is 8.14. The van der Waals surface area contributed by atoms with Crippen LogP contribution < -0.4 is 5.32 Å². The van der Waals surface area contributed by atoms with E-state index in [9.17, 15) is 4.79 Å². The molecule has 120 valence electrons. The molecular formula is C18H26N2O2. The van der Waals surface area contributed by atoms with Crippen LogP contribution in [0.1, 0.15) is 31.7 Å². The van der Waals surface area contributed by atoms with Crippen LogP contribution in [0.5, 0.6) is 0 Å². The number of rotatable bonds is 8. The first kappa shape index (κ1) is 16.6. The summed E-state index contributed by atoms with van der Waals surface area (Å²) in [6.45, 7) is 2.96. The van der Waals surface area contributed by atoms with Crippen molar-refractivity contribution in [1.29, 1.82) is 0 Å². The number of aryl methyl sites for hydroxylation is 1. The third-order valence-corrected chi connectivity index (χ3v) is 4.15. The van der Waals surface area contributed by atoms with Crippen molar-refractivity contribution in [2.24, 2.45) is 13.0 Å². The van der Waals surface area contributed by atoms with E-state index < -0.39 is 0 Å². The van der Waals surface area contributed by atoms with Crippen LogP contribution in [0.15, 0.2) is 30.5 Å². The number of fused-ring (bicyclic) bond motifs is 1. The van der Waals surface area contributed by atoms with Crippen molar-refractivity contribution in [1.82, 2.24) is 9.88 Å². The van der Waals surface area contributed by atoms with Crippen LogP contribution in [0.25, 0.3) is 10.9 Å². The smallest absolute Gasteiger partial charge is 0.224 e. The van der Waals surface area contributed by atoms with Crippen molar-refractivity contribution in [3.05, 3.63) is 36.0 Å².